The predicted octanol–water partition coefficient (Wildman–Crippen LogP) is 7.48. The Labute approximate surface area is 210 Å². The molecule has 3 aromatic carbocycles. The molecule has 0 spiro atoms. The molecule has 1 atom stereocenters. The van der Waals surface area contributed by atoms with E-state index in [0.717, 1.165) is 38.9 Å². The van der Waals surface area contributed by atoms with Gasteiger partial charge in [0, 0.05) is 27.2 Å². The van der Waals surface area contributed by atoms with E-state index in [4.69, 9.17) is 26.1 Å². The van der Waals surface area contributed by atoms with Crippen LogP contribution in [0.15, 0.2) is 66.7 Å². The van der Waals surface area contributed by atoms with Crippen LogP contribution >= 0.6 is 11.6 Å². The van der Waals surface area contributed by atoms with Gasteiger partial charge in [0.05, 0.1) is 18.2 Å². The summed E-state index contributed by atoms with van der Waals surface area (Å²) in [5.74, 6) is -0.320. The van der Waals surface area contributed by atoms with Crippen molar-refractivity contribution in [3.8, 4) is 28.0 Å². The number of aliphatic carboxylic acids is 1. The summed E-state index contributed by atoms with van der Waals surface area (Å²) in [6.45, 7) is 7.35. The second-order valence-corrected chi connectivity index (χ2v) is 9.81. The van der Waals surface area contributed by atoms with Gasteiger partial charge >= 0.3 is 5.97 Å². The van der Waals surface area contributed by atoms with Crippen molar-refractivity contribution in [2.24, 2.45) is 0 Å². The standard InChI is InChI=1S/C29H28ClNO4/c1-17-25(27(28(32)33)35-29(2,3)4)26(18-10-13-20(30)14-11-18)22-16-19(12-15-23(22)31-17)21-8-6-7-9-24(21)34-5/h6-16,27H,1-5H3,(H,32,33). The lowest BCUT2D eigenvalue weighted by molar-refractivity contribution is -0.160. The van der Waals surface area contributed by atoms with Gasteiger partial charge in [-0.25, -0.2) is 4.79 Å². The molecule has 0 saturated heterocycles. The second-order valence-electron chi connectivity index (χ2n) is 9.37. The third kappa shape index (κ3) is 5.16. The van der Waals surface area contributed by atoms with E-state index >= 15 is 0 Å². The summed E-state index contributed by atoms with van der Waals surface area (Å²) >= 11 is 6.18. The molecule has 0 aliphatic heterocycles. The molecule has 1 heterocycles. The first kappa shape index (κ1) is 24.7. The number of carbonyl (C=O) groups is 1. The number of carboxylic acids is 1. The maximum absolute atomic E-state index is 12.5. The number of hydrogen-bond acceptors (Lipinski definition) is 4. The van der Waals surface area contributed by atoms with Gasteiger partial charge in [-0.2, -0.15) is 0 Å². The van der Waals surface area contributed by atoms with E-state index in [2.05, 4.69) is 0 Å². The van der Waals surface area contributed by atoms with Gasteiger partial charge in [0.25, 0.3) is 0 Å². The van der Waals surface area contributed by atoms with Gasteiger partial charge in [0.15, 0.2) is 6.10 Å². The highest BCUT2D eigenvalue weighted by Gasteiger charge is 2.32. The van der Waals surface area contributed by atoms with Crippen molar-refractivity contribution in [2.75, 3.05) is 7.11 Å². The van der Waals surface area contributed by atoms with E-state index in [0.29, 0.717) is 16.3 Å². The van der Waals surface area contributed by atoms with Crippen molar-refractivity contribution in [3.63, 3.8) is 0 Å². The largest absolute Gasteiger partial charge is 0.496 e. The first-order chi connectivity index (χ1) is 16.6. The molecule has 0 bridgehead atoms. The number of ether oxygens (including phenoxy) is 2. The van der Waals surface area contributed by atoms with Crippen molar-refractivity contribution >= 4 is 28.5 Å². The minimum absolute atomic E-state index is 0.527. The second kappa shape index (κ2) is 9.68. The Hall–Kier alpha value is -3.41. The van der Waals surface area contributed by atoms with Gasteiger partial charge < -0.3 is 14.6 Å². The Kier molecular flexibility index (Phi) is 6.84. The SMILES string of the molecule is COc1ccccc1-c1ccc2nc(C)c(C(OC(C)(C)C)C(=O)O)c(-c3ccc(Cl)cc3)c2c1. The summed E-state index contributed by atoms with van der Waals surface area (Å²) in [5.41, 5.74) is 4.67. The molecule has 0 fully saturated rings. The van der Waals surface area contributed by atoms with Crippen molar-refractivity contribution in [2.45, 2.75) is 39.4 Å². The predicted molar refractivity (Wildman–Crippen MR) is 140 cm³/mol. The number of fused-ring (bicyclic) bond motifs is 1. The topological polar surface area (TPSA) is 68.7 Å². The third-order valence-electron chi connectivity index (χ3n) is 5.72. The number of aromatic nitrogens is 1. The van der Waals surface area contributed by atoms with Crippen LogP contribution in [-0.4, -0.2) is 28.8 Å². The van der Waals surface area contributed by atoms with Crippen LogP contribution in [0.25, 0.3) is 33.2 Å². The number of aryl methyl sites for hydroxylation is 1. The number of rotatable bonds is 6. The van der Waals surface area contributed by atoms with Crippen molar-refractivity contribution in [1.82, 2.24) is 4.98 Å². The van der Waals surface area contributed by atoms with E-state index in [1.807, 2.05) is 82.3 Å². The molecule has 4 aromatic rings. The smallest absolute Gasteiger partial charge is 0.337 e. The highest BCUT2D eigenvalue weighted by Crippen LogP contribution is 2.41. The van der Waals surface area contributed by atoms with Gasteiger partial charge in [0.1, 0.15) is 5.75 Å². The maximum Gasteiger partial charge on any atom is 0.337 e. The van der Waals surface area contributed by atoms with Crippen LogP contribution in [0.3, 0.4) is 0 Å². The average Bonchev–Trinajstić information content (AvgIpc) is 2.81. The number of carboxylic acid groups (broad SMARTS) is 1. The highest BCUT2D eigenvalue weighted by atomic mass is 35.5. The molecule has 6 heteroatoms. The molecular formula is C29H28ClNO4. The van der Waals surface area contributed by atoms with Crippen LogP contribution in [0.1, 0.15) is 38.1 Å². The molecule has 4 rings (SSSR count). The van der Waals surface area contributed by atoms with Crippen LogP contribution in [0.4, 0.5) is 0 Å². The average molecular weight is 490 g/mol. The Morgan fingerprint density at radius 3 is 2.29 bits per heavy atom. The summed E-state index contributed by atoms with van der Waals surface area (Å²) in [4.78, 5) is 17.3. The van der Waals surface area contributed by atoms with E-state index in [9.17, 15) is 9.90 Å². The quantitative estimate of drug-likeness (QED) is 0.304. The van der Waals surface area contributed by atoms with Crippen molar-refractivity contribution in [1.29, 1.82) is 0 Å². The lowest BCUT2D eigenvalue weighted by atomic mass is 9.89. The first-order valence-electron chi connectivity index (χ1n) is 11.3. The summed E-state index contributed by atoms with van der Waals surface area (Å²) < 4.78 is 11.6. The molecule has 0 amide bonds. The Morgan fingerprint density at radius 1 is 1.00 bits per heavy atom. The molecule has 5 nitrogen and oxygen atoms in total. The fourth-order valence-electron chi connectivity index (χ4n) is 4.29. The van der Waals surface area contributed by atoms with Crippen LogP contribution in [0.2, 0.25) is 5.02 Å². The number of benzene rings is 3. The van der Waals surface area contributed by atoms with Crippen LogP contribution in [0, 0.1) is 6.92 Å². The van der Waals surface area contributed by atoms with E-state index < -0.39 is 17.7 Å². The minimum atomic E-state index is -1.20. The van der Waals surface area contributed by atoms with Gasteiger partial charge in [-0.3, -0.25) is 4.98 Å². The summed E-state index contributed by atoms with van der Waals surface area (Å²) in [6.07, 6.45) is -1.20. The Balaban J connectivity index is 2.08. The lowest BCUT2D eigenvalue weighted by Crippen LogP contribution is -2.28. The lowest BCUT2D eigenvalue weighted by Gasteiger charge is -2.28. The van der Waals surface area contributed by atoms with Gasteiger partial charge in [-0.1, -0.05) is 48.0 Å². The summed E-state index contributed by atoms with van der Waals surface area (Å²) in [6, 6.07) is 21.2. The van der Waals surface area contributed by atoms with Gasteiger partial charge in [0.2, 0.25) is 0 Å². The number of pyridine rings is 1. The van der Waals surface area contributed by atoms with Gasteiger partial charge in [-0.05, 0) is 74.7 Å². The monoisotopic (exact) mass is 489 g/mol. The normalized spacial score (nSPS) is 12.5. The molecular weight excluding hydrogens is 462 g/mol. The third-order valence-corrected chi connectivity index (χ3v) is 5.97. The molecule has 0 saturated carbocycles. The van der Waals surface area contributed by atoms with Crippen molar-refractivity contribution < 1.29 is 19.4 Å². The van der Waals surface area contributed by atoms with Crippen LogP contribution in [-0.2, 0) is 9.53 Å². The van der Waals surface area contributed by atoms with E-state index in [1.54, 1.807) is 19.2 Å². The number of nitrogens with zero attached hydrogens (tertiary/aromatic N) is 1. The molecule has 1 unspecified atom stereocenters. The summed E-state index contributed by atoms with van der Waals surface area (Å²) in [5, 5.41) is 11.6. The number of halogens is 1. The van der Waals surface area contributed by atoms with Crippen LogP contribution in [0.5, 0.6) is 5.75 Å². The zero-order valence-corrected chi connectivity index (χ0v) is 21.2. The van der Waals surface area contributed by atoms with E-state index in [1.165, 1.54) is 0 Å². The number of methoxy groups -OCH3 is 1. The van der Waals surface area contributed by atoms with Crippen molar-refractivity contribution in [3.05, 3.63) is 83.0 Å². The molecule has 35 heavy (non-hydrogen) atoms. The summed E-state index contributed by atoms with van der Waals surface area (Å²) in [7, 11) is 1.64. The highest BCUT2D eigenvalue weighted by molar-refractivity contribution is 6.30. The number of para-hydroxylation sites is 1. The Morgan fingerprint density at radius 2 is 1.66 bits per heavy atom. The zero-order chi connectivity index (χ0) is 25.3. The molecule has 0 aliphatic carbocycles. The molecule has 0 aliphatic rings. The van der Waals surface area contributed by atoms with Crippen LogP contribution < -0.4 is 4.74 Å². The maximum atomic E-state index is 12.5. The number of hydrogen-bond donors (Lipinski definition) is 1. The fourth-order valence-corrected chi connectivity index (χ4v) is 4.41. The molecule has 0 radical (unpaired) electrons. The van der Waals surface area contributed by atoms with E-state index in [-0.39, 0.29) is 0 Å². The molecule has 1 aromatic heterocycles. The zero-order valence-electron chi connectivity index (χ0n) is 20.4. The molecule has 180 valence electrons. The van der Waals surface area contributed by atoms with Gasteiger partial charge in [-0.15, -0.1) is 0 Å². The Bertz CT molecular complexity index is 1390. The first-order valence-corrected chi connectivity index (χ1v) is 11.7. The molecule has 1 N–H and O–H groups in total. The fraction of sp³-hybridized carbons (Fsp3) is 0.241. The minimum Gasteiger partial charge on any atom is -0.496 e.